The third kappa shape index (κ3) is 1.69. The van der Waals surface area contributed by atoms with Crippen LogP contribution in [0.5, 0.6) is 0 Å². The van der Waals surface area contributed by atoms with Gasteiger partial charge in [-0.2, -0.15) is 0 Å². The van der Waals surface area contributed by atoms with Crippen LogP contribution in [0.25, 0.3) is 5.65 Å². The molecule has 0 bridgehead atoms. The van der Waals surface area contributed by atoms with E-state index in [1.165, 1.54) is 0 Å². The monoisotopic (exact) mass is 204 g/mol. The van der Waals surface area contributed by atoms with Gasteiger partial charge in [0.2, 0.25) is 0 Å². The molecule has 0 saturated carbocycles. The molecule has 0 aromatic carbocycles. The summed E-state index contributed by atoms with van der Waals surface area (Å²) in [4.78, 5) is 15.5. The van der Waals surface area contributed by atoms with E-state index in [9.17, 15) is 4.79 Å². The number of nitrogens with two attached hydrogens (primary N) is 1. The molecular formula is C10H12N4O. The van der Waals surface area contributed by atoms with Crippen molar-refractivity contribution in [2.75, 3.05) is 7.05 Å². The number of carbonyl (C=O) groups excluding carboxylic acids is 1. The molecule has 0 aliphatic carbocycles. The fourth-order valence-corrected chi connectivity index (χ4v) is 1.40. The molecule has 0 radical (unpaired) electrons. The van der Waals surface area contributed by atoms with Gasteiger partial charge in [0.25, 0.3) is 5.91 Å². The molecule has 1 amide bonds. The van der Waals surface area contributed by atoms with Crippen LogP contribution in [0.1, 0.15) is 16.1 Å². The molecule has 2 rings (SSSR count). The molecule has 3 N–H and O–H groups in total. The molecule has 2 heterocycles. The summed E-state index contributed by atoms with van der Waals surface area (Å²) >= 11 is 0. The van der Waals surface area contributed by atoms with Gasteiger partial charge in [0.05, 0.1) is 0 Å². The summed E-state index contributed by atoms with van der Waals surface area (Å²) in [6.07, 6.45) is 3.56. The van der Waals surface area contributed by atoms with Crippen molar-refractivity contribution in [3.63, 3.8) is 0 Å². The fraction of sp³-hybridized carbons (Fsp3) is 0.200. The first-order valence-electron chi connectivity index (χ1n) is 4.64. The predicted molar refractivity (Wildman–Crippen MR) is 56.5 cm³/mol. The maximum atomic E-state index is 11.3. The van der Waals surface area contributed by atoms with Crippen LogP contribution >= 0.6 is 0 Å². The van der Waals surface area contributed by atoms with Gasteiger partial charge in [0.1, 0.15) is 11.3 Å². The summed E-state index contributed by atoms with van der Waals surface area (Å²) in [5, 5.41) is 2.53. The Balaban J connectivity index is 2.51. The Hall–Kier alpha value is -1.88. The van der Waals surface area contributed by atoms with Crippen molar-refractivity contribution in [1.82, 2.24) is 14.7 Å². The second-order valence-electron chi connectivity index (χ2n) is 3.21. The molecule has 2 aromatic rings. The van der Waals surface area contributed by atoms with Crippen LogP contribution < -0.4 is 11.1 Å². The molecule has 5 heteroatoms. The number of nitrogens with zero attached hydrogens (tertiary/aromatic N) is 2. The molecular weight excluding hydrogens is 192 g/mol. The summed E-state index contributed by atoms with van der Waals surface area (Å²) in [5.41, 5.74) is 7.67. The van der Waals surface area contributed by atoms with Crippen molar-refractivity contribution in [3.8, 4) is 0 Å². The van der Waals surface area contributed by atoms with Gasteiger partial charge in [0.15, 0.2) is 0 Å². The van der Waals surface area contributed by atoms with Crippen LogP contribution in [0.15, 0.2) is 24.5 Å². The highest BCUT2D eigenvalue weighted by Gasteiger charge is 2.08. The van der Waals surface area contributed by atoms with Gasteiger partial charge in [-0.15, -0.1) is 0 Å². The summed E-state index contributed by atoms with van der Waals surface area (Å²) < 4.78 is 1.80. The Morgan fingerprint density at radius 3 is 3.00 bits per heavy atom. The first-order chi connectivity index (χ1) is 7.24. The maximum absolute atomic E-state index is 11.3. The van der Waals surface area contributed by atoms with Crippen LogP contribution in [0.2, 0.25) is 0 Å². The average molecular weight is 204 g/mol. The molecule has 0 aliphatic heterocycles. The number of hydrogen-bond acceptors (Lipinski definition) is 3. The van der Waals surface area contributed by atoms with Crippen molar-refractivity contribution in [2.45, 2.75) is 6.54 Å². The number of rotatable bonds is 2. The van der Waals surface area contributed by atoms with Gasteiger partial charge < -0.3 is 15.5 Å². The molecule has 0 spiro atoms. The van der Waals surface area contributed by atoms with Crippen LogP contribution in [0.3, 0.4) is 0 Å². The molecule has 5 nitrogen and oxygen atoms in total. The van der Waals surface area contributed by atoms with E-state index in [1.54, 1.807) is 17.6 Å². The van der Waals surface area contributed by atoms with E-state index in [0.717, 1.165) is 11.2 Å². The molecule has 0 aliphatic rings. The minimum Gasteiger partial charge on any atom is -0.354 e. The van der Waals surface area contributed by atoms with Crippen molar-refractivity contribution in [1.29, 1.82) is 0 Å². The maximum Gasteiger partial charge on any atom is 0.271 e. The van der Waals surface area contributed by atoms with E-state index in [-0.39, 0.29) is 5.91 Å². The molecule has 2 aromatic heterocycles. The Morgan fingerprint density at radius 2 is 2.33 bits per heavy atom. The molecule has 0 atom stereocenters. The van der Waals surface area contributed by atoms with E-state index in [2.05, 4.69) is 10.3 Å². The highest BCUT2D eigenvalue weighted by molar-refractivity contribution is 5.92. The number of amides is 1. The van der Waals surface area contributed by atoms with Crippen LogP contribution in [-0.4, -0.2) is 22.3 Å². The zero-order valence-electron chi connectivity index (χ0n) is 8.40. The molecule has 0 saturated heterocycles. The standard InChI is InChI=1S/C10H12N4O/c1-12-10(15)8-6-14-5-7(4-11)2-3-9(14)13-8/h2-3,5-6H,4,11H2,1H3,(H,12,15). The van der Waals surface area contributed by atoms with Gasteiger partial charge in [-0.25, -0.2) is 4.98 Å². The number of imidazole rings is 1. The number of aromatic nitrogens is 2. The minimum absolute atomic E-state index is 0.187. The van der Waals surface area contributed by atoms with Crippen molar-refractivity contribution >= 4 is 11.6 Å². The van der Waals surface area contributed by atoms with Crippen LogP contribution in [-0.2, 0) is 6.54 Å². The highest BCUT2D eigenvalue weighted by Crippen LogP contribution is 2.07. The summed E-state index contributed by atoms with van der Waals surface area (Å²) in [5.74, 6) is -0.187. The topological polar surface area (TPSA) is 72.4 Å². The van der Waals surface area contributed by atoms with Crippen LogP contribution in [0.4, 0.5) is 0 Å². The van der Waals surface area contributed by atoms with Gasteiger partial charge in [0, 0.05) is 26.0 Å². The lowest BCUT2D eigenvalue weighted by atomic mass is 10.3. The fourth-order valence-electron chi connectivity index (χ4n) is 1.40. The van der Waals surface area contributed by atoms with Crippen molar-refractivity contribution < 1.29 is 4.79 Å². The van der Waals surface area contributed by atoms with E-state index in [4.69, 9.17) is 5.73 Å². The second-order valence-corrected chi connectivity index (χ2v) is 3.21. The van der Waals surface area contributed by atoms with E-state index in [0.29, 0.717) is 12.2 Å². The zero-order chi connectivity index (χ0) is 10.8. The summed E-state index contributed by atoms with van der Waals surface area (Å²) in [6.45, 7) is 0.476. The SMILES string of the molecule is CNC(=O)c1cn2cc(CN)ccc2n1. The number of carbonyl (C=O) groups is 1. The van der Waals surface area contributed by atoms with Gasteiger partial charge >= 0.3 is 0 Å². The van der Waals surface area contributed by atoms with Gasteiger partial charge in [-0.3, -0.25) is 4.79 Å². The molecule has 78 valence electrons. The smallest absolute Gasteiger partial charge is 0.271 e. The van der Waals surface area contributed by atoms with Gasteiger partial charge in [-0.1, -0.05) is 6.07 Å². The number of fused-ring (bicyclic) bond motifs is 1. The van der Waals surface area contributed by atoms with Gasteiger partial charge in [-0.05, 0) is 11.6 Å². The first-order valence-corrected chi connectivity index (χ1v) is 4.64. The Labute approximate surface area is 86.9 Å². The number of pyridine rings is 1. The Morgan fingerprint density at radius 1 is 1.53 bits per heavy atom. The second kappa shape index (κ2) is 3.70. The largest absolute Gasteiger partial charge is 0.354 e. The summed E-state index contributed by atoms with van der Waals surface area (Å²) in [7, 11) is 1.58. The van der Waals surface area contributed by atoms with E-state index < -0.39 is 0 Å². The highest BCUT2D eigenvalue weighted by atomic mass is 16.1. The van der Waals surface area contributed by atoms with Crippen LogP contribution in [0, 0.1) is 0 Å². The number of hydrogen-bond donors (Lipinski definition) is 2. The quantitative estimate of drug-likeness (QED) is 0.731. The summed E-state index contributed by atoms with van der Waals surface area (Å²) in [6, 6.07) is 3.74. The molecule has 0 fully saturated rings. The number of nitrogens with one attached hydrogen (secondary N) is 1. The normalized spacial score (nSPS) is 10.5. The minimum atomic E-state index is -0.187. The van der Waals surface area contributed by atoms with E-state index in [1.807, 2.05) is 18.3 Å². The predicted octanol–water partition coefficient (Wildman–Crippen LogP) is 0.153. The first kappa shape index (κ1) is 9.67. The lowest BCUT2D eigenvalue weighted by molar-refractivity contribution is 0.0959. The van der Waals surface area contributed by atoms with Crippen molar-refractivity contribution in [3.05, 3.63) is 35.8 Å². The van der Waals surface area contributed by atoms with E-state index >= 15 is 0 Å². The molecule has 15 heavy (non-hydrogen) atoms. The zero-order valence-corrected chi connectivity index (χ0v) is 8.40. The third-order valence-corrected chi connectivity index (χ3v) is 2.21. The molecule has 0 unspecified atom stereocenters. The Bertz CT molecular complexity index is 503. The third-order valence-electron chi connectivity index (χ3n) is 2.21. The Kier molecular flexibility index (Phi) is 2.39. The lowest BCUT2D eigenvalue weighted by Crippen LogP contribution is -2.17. The van der Waals surface area contributed by atoms with Crippen molar-refractivity contribution in [2.24, 2.45) is 5.73 Å². The average Bonchev–Trinajstić information content (AvgIpc) is 2.70. The lowest BCUT2D eigenvalue weighted by Gasteiger charge is -1.96.